The summed E-state index contributed by atoms with van der Waals surface area (Å²) in [6.07, 6.45) is 1.64. The monoisotopic (exact) mass is 324 g/mol. The van der Waals surface area contributed by atoms with Crippen LogP contribution in [0, 0.1) is 6.92 Å². The highest BCUT2D eigenvalue weighted by Crippen LogP contribution is 2.24. The molecule has 1 heterocycles. The smallest absolute Gasteiger partial charge is 0.253 e. The fraction of sp³-hybridized carbons (Fsp3) is 0.350. The zero-order chi connectivity index (χ0) is 16.9. The van der Waals surface area contributed by atoms with Gasteiger partial charge in [0.2, 0.25) is 0 Å². The summed E-state index contributed by atoms with van der Waals surface area (Å²) in [7, 11) is 0. The van der Waals surface area contributed by atoms with Crippen molar-refractivity contribution in [3.63, 3.8) is 0 Å². The summed E-state index contributed by atoms with van der Waals surface area (Å²) in [5.74, 6) is -0.135. The van der Waals surface area contributed by atoms with E-state index in [9.17, 15) is 9.90 Å². The van der Waals surface area contributed by atoms with Crippen LogP contribution in [0.4, 0.5) is 5.69 Å². The first kappa shape index (κ1) is 16.5. The molecule has 0 radical (unpaired) electrons. The van der Waals surface area contributed by atoms with Gasteiger partial charge in [-0.05, 0) is 37.5 Å². The first-order chi connectivity index (χ1) is 11.6. The van der Waals surface area contributed by atoms with Crippen LogP contribution in [0.25, 0.3) is 0 Å². The van der Waals surface area contributed by atoms with Gasteiger partial charge in [0, 0.05) is 25.3 Å². The summed E-state index contributed by atoms with van der Waals surface area (Å²) in [4.78, 5) is 14.8. The van der Waals surface area contributed by atoms with Gasteiger partial charge >= 0.3 is 0 Å². The van der Waals surface area contributed by atoms with E-state index in [1.165, 1.54) is 12.8 Å². The third-order valence-electron chi connectivity index (χ3n) is 4.51. The predicted molar refractivity (Wildman–Crippen MR) is 96.4 cm³/mol. The highest BCUT2D eigenvalue weighted by Gasteiger charge is 2.19. The molecule has 24 heavy (non-hydrogen) atoms. The highest BCUT2D eigenvalue weighted by atomic mass is 16.3. The van der Waals surface area contributed by atoms with E-state index in [1.807, 2.05) is 55.5 Å². The lowest BCUT2D eigenvalue weighted by molar-refractivity contribution is 0.0917. The van der Waals surface area contributed by atoms with E-state index < -0.39 is 6.10 Å². The van der Waals surface area contributed by atoms with Gasteiger partial charge in [-0.25, -0.2) is 0 Å². The molecule has 4 heteroatoms. The number of carbonyl (C=O) groups excluding carboxylic acids is 1. The molecular weight excluding hydrogens is 300 g/mol. The van der Waals surface area contributed by atoms with Crippen molar-refractivity contribution in [2.45, 2.75) is 25.9 Å². The minimum absolute atomic E-state index is 0.135. The summed E-state index contributed by atoms with van der Waals surface area (Å²) in [5, 5.41) is 13.1. The number of benzene rings is 2. The van der Waals surface area contributed by atoms with Crippen molar-refractivity contribution < 1.29 is 9.90 Å². The molecule has 0 saturated carbocycles. The molecule has 2 aromatic carbocycles. The number of aliphatic hydroxyl groups is 1. The molecule has 126 valence electrons. The molecule has 0 aromatic heterocycles. The van der Waals surface area contributed by atoms with Gasteiger partial charge in [-0.15, -0.1) is 0 Å². The SMILES string of the molecule is Cc1ccc([C@H](O)CNC(=O)c2ccccc2N2CCCC2)cc1. The topological polar surface area (TPSA) is 52.6 Å². The van der Waals surface area contributed by atoms with E-state index in [1.54, 1.807) is 0 Å². The quantitative estimate of drug-likeness (QED) is 0.889. The first-order valence-electron chi connectivity index (χ1n) is 8.52. The summed E-state index contributed by atoms with van der Waals surface area (Å²) in [6, 6.07) is 15.4. The standard InChI is InChI=1S/C20H24N2O2/c1-15-8-10-16(11-9-15)19(23)14-21-20(24)17-6-2-3-7-18(17)22-12-4-5-13-22/h2-3,6-11,19,23H,4-5,12-14H2,1H3,(H,21,24)/t19-/m1/s1. The lowest BCUT2D eigenvalue weighted by atomic mass is 10.1. The Kier molecular flexibility index (Phi) is 5.16. The van der Waals surface area contributed by atoms with E-state index in [0.717, 1.165) is 29.9 Å². The fourth-order valence-electron chi connectivity index (χ4n) is 3.09. The maximum absolute atomic E-state index is 12.6. The van der Waals surface area contributed by atoms with Gasteiger partial charge in [0.1, 0.15) is 0 Å². The molecule has 2 aromatic rings. The van der Waals surface area contributed by atoms with Gasteiger partial charge in [-0.1, -0.05) is 42.0 Å². The van der Waals surface area contributed by atoms with Crippen LogP contribution in [-0.4, -0.2) is 30.6 Å². The van der Waals surface area contributed by atoms with Crippen LogP contribution < -0.4 is 10.2 Å². The summed E-state index contributed by atoms with van der Waals surface area (Å²) < 4.78 is 0. The van der Waals surface area contributed by atoms with Crippen molar-refractivity contribution in [2.24, 2.45) is 0 Å². The maximum Gasteiger partial charge on any atom is 0.253 e. The van der Waals surface area contributed by atoms with Crippen LogP contribution in [-0.2, 0) is 0 Å². The van der Waals surface area contributed by atoms with Gasteiger partial charge in [0.15, 0.2) is 0 Å². The lowest BCUT2D eigenvalue weighted by Crippen LogP contribution is -2.30. The maximum atomic E-state index is 12.6. The average molecular weight is 324 g/mol. The number of hydrogen-bond donors (Lipinski definition) is 2. The Labute approximate surface area is 143 Å². The molecule has 0 unspecified atom stereocenters. The number of amides is 1. The molecule has 4 nitrogen and oxygen atoms in total. The lowest BCUT2D eigenvalue weighted by Gasteiger charge is -2.21. The molecule has 0 spiro atoms. The number of aliphatic hydroxyl groups excluding tert-OH is 1. The predicted octanol–water partition coefficient (Wildman–Crippen LogP) is 3.06. The summed E-state index contributed by atoms with van der Waals surface area (Å²) in [5.41, 5.74) is 3.62. The number of carbonyl (C=O) groups is 1. The van der Waals surface area contributed by atoms with Crippen molar-refractivity contribution in [3.8, 4) is 0 Å². The molecule has 1 fully saturated rings. The molecule has 0 bridgehead atoms. The van der Waals surface area contributed by atoms with Crippen LogP contribution in [0.2, 0.25) is 0 Å². The van der Waals surface area contributed by atoms with E-state index in [4.69, 9.17) is 0 Å². The van der Waals surface area contributed by atoms with Crippen molar-refractivity contribution in [1.82, 2.24) is 5.32 Å². The summed E-state index contributed by atoms with van der Waals surface area (Å²) >= 11 is 0. The van der Waals surface area contributed by atoms with E-state index in [0.29, 0.717) is 5.56 Å². The van der Waals surface area contributed by atoms with Gasteiger partial charge in [0.05, 0.1) is 11.7 Å². The summed E-state index contributed by atoms with van der Waals surface area (Å²) in [6.45, 7) is 4.20. The van der Waals surface area contributed by atoms with Crippen LogP contribution in [0.1, 0.15) is 40.4 Å². The normalized spacial score (nSPS) is 15.3. The average Bonchev–Trinajstić information content (AvgIpc) is 3.14. The number of rotatable bonds is 5. The van der Waals surface area contributed by atoms with E-state index in [2.05, 4.69) is 10.2 Å². The molecule has 1 aliphatic heterocycles. The van der Waals surface area contributed by atoms with Gasteiger partial charge < -0.3 is 15.3 Å². The molecule has 1 saturated heterocycles. The van der Waals surface area contributed by atoms with Gasteiger partial charge in [0.25, 0.3) is 5.91 Å². The Morgan fingerprint density at radius 2 is 1.79 bits per heavy atom. The number of nitrogens with one attached hydrogen (secondary N) is 1. The zero-order valence-corrected chi connectivity index (χ0v) is 14.0. The number of para-hydroxylation sites is 1. The van der Waals surface area contributed by atoms with Crippen LogP contribution in [0.15, 0.2) is 48.5 Å². The third-order valence-corrected chi connectivity index (χ3v) is 4.51. The number of aryl methyl sites for hydroxylation is 1. The van der Waals surface area contributed by atoms with Crippen molar-refractivity contribution in [3.05, 3.63) is 65.2 Å². The van der Waals surface area contributed by atoms with Crippen molar-refractivity contribution in [2.75, 3.05) is 24.5 Å². The highest BCUT2D eigenvalue weighted by molar-refractivity contribution is 5.99. The van der Waals surface area contributed by atoms with Gasteiger partial charge in [-0.2, -0.15) is 0 Å². The van der Waals surface area contributed by atoms with Crippen LogP contribution in [0.5, 0.6) is 0 Å². The molecule has 3 rings (SSSR count). The van der Waals surface area contributed by atoms with Crippen molar-refractivity contribution >= 4 is 11.6 Å². The molecule has 1 atom stereocenters. The second-order valence-corrected chi connectivity index (χ2v) is 6.35. The van der Waals surface area contributed by atoms with Crippen LogP contribution >= 0.6 is 0 Å². The molecule has 2 N–H and O–H groups in total. The number of anilines is 1. The van der Waals surface area contributed by atoms with E-state index >= 15 is 0 Å². The fourth-order valence-corrected chi connectivity index (χ4v) is 3.09. The Morgan fingerprint density at radius 1 is 1.12 bits per heavy atom. The van der Waals surface area contributed by atoms with Crippen molar-refractivity contribution in [1.29, 1.82) is 0 Å². The Balaban J connectivity index is 1.66. The Morgan fingerprint density at radius 3 is 2.50 bits per heavy atom. The largest absolute Gasteiger partial charge is 0.387 e. The first-order valence-corrected chi connectivity index (χ1v) is 8.52. The van der Waals surface area contributed by atoms with E-state index in [-0.39, 0.29) is 12.5 Å². The minimum Gasteiger partial charge on any atom is -0.387 e. The Bertz CT molecular complexity index is 691. The van der Waals surface area contributed by atoms with Crippen LogP contribution in [0.3, 0.4) is 0 Å². The second kappa shape index (κ2) is 7.49. The third kappa shape index (κ3) is 3.77. The molecule has 1 amide bonds. The molecule has 0 aliphatic carbocycles. The second-order valence-electron chi connectivity index (χ2n) is 6.35. The number of hydrogen-bond acceptors (Lipinski definition) is 3. The molecule has 1 aliphatic rings. The number of nitrogens with zero attached hydrogens (tertiary/aromatic N) is 1. The molecular formula is C20H24N2O2. The zero-order valence-electron chi connectivity index (χ0n) is 14.0. The Hall–Kier alpha value is -2.33. The van der Waals surface area contributed by atoms with Gasteiger partial charge in [-0.3, -0.25) is 4.79 Å². The minimum atomic E-state index is -0.700.